The zero-order valence-electron chi connectivity index (χ0n) is 17.0. The Hall–Kier alpha value is -0.850. The van der Waals surface area contributed by atoms with Crippen LogP contribution in [0.4, 0.5) is 0 Å². The summed E-state index contributed by atoms with van der Waals surface area (Å²) in [5.41, 5.74) is 1.23. The first kappa shape index (κ1) is 25.2. The number of hydrogen-bond donors (Lipinski definition) is 0. The molecule has 148 valence electrons. The van der Waals surface area contributed by atoms with E-state index >= 15 is 0 Å². The van der Waals surface area contributed by atoms with Gasteiger partial charge < -0.3 is 9.29 Å². The molecule has 0 aliphatic carbocycles. The molecule has 0 aliphatic rings. The van der Waals surface area contributed by atoms with Crippen molar-refractivity contribution < 1.29 is 47.3 Å². The van der Waals surface area contributed by atoms with E-state index < -0.39 is 10.1 Å². The summed E-state index contributed by atoms with van der Waals surface area (Å²) >= 11 is 0. The normalized spacial score (nSPS) is 11.1. The van der Waals surface area contributed by atoms with Crippen LogP contribution in [0.15, 0.2) is 53.4 Å². The molecule has 6 heteroatoms. The van der Waals surface area contributed by atoms with Crippen molar-refractivity contribution in [3.63, 3.8) is 0 Å². The molecule has 4 nitrogen and oxygen atoms in total. The van der Waals surface area contributed by atoms with Crippen molar-refractivity contribution in [2.24, 2.45) is 0 Å². The van der Waals surface area contributed by atoms with Gasteiger partial charge in [-0.1, -0.05) is 76.1 Å². The van der Waals surface area contributed by atoms with Crippen molar-refractivity contribution in [1.29, 1.82) is 0 Å². The van der Waals surface area contributed by atoms with E-state index in [2.05, 4.69) is 6.92 Å². The Balaban J connectivity index is 0.00000392. The van der Waals surface area contributed by atoms with E-state index in [0.717, 1.165) is 6.42 Å². The molecular weight excluding hydrogens is 383 g/mol. The van der Waals surface area contributed by atoms with Crippen LogP contribution in [-0.4, -0.2) is 13.0 Å². The van der Waals surface area contributed by atoms with Crippen LogP contribution in [0.5, 0.6) is 11.5 Å². The van der Waals surface area contributed by atoms with Crippen molar-refractivity contribution in [1.82, 2.24) is 0 Å². The predicted molar refractivity (Wildman–Crippen MR) is 107 cm³/mol. The van der Waals surface area contributed by atoms with Gasteiger partial charge in [0.2, 0.25) is 0 Å². The molecule has 0 radical (unpaired) electrons. The fourth-order valence-corrected chi connectivity index (χ4v) is 3.66. The number of benzene rings is 2. The van der Waals surface area contributed by atoms with E-state index in [-0.39, 0.29) is 40.2 Å². The van der Waals surface area contributed by atoms with Crippen molar-refractivity contribution in [2.75, 3.05) is 0 Å². The van der Waals surface area contributed by atoms with Gasteiger partial charge in [-0.2, -0.15) is 0 Å². The minimum atomic E-state index is -4.56. The third kappa shape index (κ3) is 9.10. The largest absolute Gasteiger partial charge is 1.00 e. The average molecular weight is 413 g/mol. The number of rotatable bonds is 12. The second kappa shape index (κ2) is 13.4. The number of aryl methyl sites for hydroxylation is 1. The maximum absolute atomic E-state index is 11.3. The summed E-state index contributed by atoms with van der Waals surface area (Å²) in [5.74, 6) is 0.578. The molecule has 2 rings (SSSR count). The maximum atomic E-state index is 11.3. The summed E-state index contributed by atoms with van der Waals surface area (Å²) in [6.07, 6.45) is 11.4. The molecule has 28 heavy (non-hydrogen) atoms. The smallest absolute Gasteiger partial charge is 0.744 e. The first-order valence-corrected chi connectivity index (χ1v) is 11.2. The molecule has 0 saturated heterocycles. The molecule has 0 heterocycles. The molecular formula is C22H29NaO4S. The van der Waals surface area contributed by atoms with Crippen LogP contribution in [0.25, 0.3) is 0 Å². The molecule has 0 atom stereocenters. The van der Waals surface area contributed by atoms with Crippen LogP contribution < -0.4 is 34.3 Å². The van der Waals surface area contributed by atoms with Crippen LogP contribution in [-0.2, 0) is 16.5 Å². The van der Waals surface area contributed by atoms with Crippen LogP contribution in [0.3, 0.4) is 0 Å². The number of unbranched alkanes of at least 4 members (excludes halogenated alkanes) is 7. The van der Waals surface area contributed by atoms with E-state index in [1.54, 1.807) is 6.07 Å². The monoisotopic (exact) mass is 412 g/mol. The van der Waals surface area contributed by atoms with Gasteiger partial charge in [-0.25, -0.2) is 8.42 Å². The van der Waals surface area contributed by atoms with Gasteiger partial charge in [-0.05, 0) is 42.7 Å². The molecule has 0 fully saturated rings. The Kier molecular flexibility index (Phi) is 12.0. The second-order valence-electron chi connectivity index (χ2n) is 6.87. The van der Waals surface area contributed by atoms with E-state index in [1.807, 2.05) is 24.3 Å². The molecule has 0 aromatic heterocycles. The van der Waals surface area contributed by atoms with Crippen LogP contribution in [0, 0.1) is 0 Å². The first-order valence-electron chi connectivity index (χ1n) is 9.82. The summed E-state index contributed by atoms with van der Waals surface area (Å²) in [6.45, 7) is 2.24. The van der Waals surface area contributed by atoms with Gasteiger partial charge in [0.1, 0.15) is 21.6 Å². The molecule has 0 amide bonds. The number of hydrogen-bond acceptors (Lipinski definition) is 4. The van der Waals surface area contributed by atoms with E-state index in [9.17, 15) is 13.0 Å². The average Bonchev–Trinajstić information content (AvgIpc) is 2.65. The van der Waals surface area contributed by atoms with E-state index in [0.29, 0.717) is 5.75 Å². The van der Waals surface area contributed by atoms with Crippen molar-refractivity contribution in [3.05, 3.63) is 54.1 Å². The zero-order valence-corrected chi connectivity index (χ0v) is 19.8. The number of ether oxygens (including phenoxy) is 1. The predicted octanol–water partition coefficient (Wildman–Crippen LogP) is 3.07. The molecule has 0 bridgehead atoms. The molecule has 0 saturated carbocycles. The maximum Gasteiger partial charge on any atom is 1.00 e. The van der Waals surface area contributed by atoms with Crippen molar-refractivity contribution in [2.45, 2.75) is 69.6 Å². The third-order valence-electron chi connectivity index (χ3n) is 4.59. The van der Waals surface area contributed by atoms with Gasteiger partial charge in [-0.15, -0.1) is 0 Å². The summed E-state index contributed by atoms with van der Waals surface area (Å²) < 4.78 is 39.5. The summed E-state index contributed by atoms with van der Waals surface area (Å²) in [6, 6.07) is 13.5. The Morgan fingerprint density at radius 2 is 1.39 bits per heavy atom. The van der Waals surface area contributed by atoms with Crippen LogP contribution in [0.1, 0.15) is 63.9 Å². The number of para-hydroxylation sites is 1. The zero-order chi connectivity index (χ0) is 19.5. The first-order chi connectivity index (χ1) is 13.0. The Morgan fingerprint density at radius 1 is 0.821 bits per heavy atom. The van der Waals surface area contributed by atoms with Crippen molar-refractivity contribution >= 4 is 10.1 Å². The Bertz CT molecular complexity index is 788. The standard InChI is InChI=1S/C22H30O4S.Na/c1-2-3-4-5-6-7-8-9-12-19-15-17-20(18-16-19)26-21-13-10-11-14-22(21)27(23,24)25;/h10-11,13-18H,2-9,12H2,1H3,(H,23,24,25);/q;+1/p-1. The van der Waals surface area contributed by atoms with Crippen LogP contribution in [0.2, 0.25) is 0 Å². The van der Waals surface area contributed by atoms with Gasteiger partial charge in [0.05, 0.1) is 4.90 Å². The molecule has 2 aromatic carbocycles. The van der Waals surface area contributed by atoms with E-state index in [1.165, 1.54) is 75.1 Å². The van der Waals surface area contributed by atoms with Gasteiger partial charge >= 0.3 is 29.6 Å². The molecule has 0 unspecified atom stereocenters. The summed E-state index contributed by atoms with van der Waals surface area (Å²) in [5, 5.41) is 0. The van der Waals surface area contributed by atoms with Crippen molar-refractivity contribution in [3.8, 4) is 11.5 Å². The molecule has 0 N–H and O–H groups in total. The summed E-state index contributed by atoms with van der Waals surface area (Å²) in [7, 11) is -4.56. The third-order valence-corrected chi connectivity index (χ3v) is 5.46. The molecule has 0 spiro atoms. The van der Waals surface area contributed by atoms with Crippen LogP contribution >= 0.6 is 0 Å². The Morgan fingerprint density at radius 3 is 2.00 bits per heavy atom. The fourth-order valence-electron chi connectivity index (χ4n) is 3.06. The minimum Gasteiger partial charge on any atom is -0.744 e. The van der Waals surface area contributed by atoms with Gasteiger partial charge in [0.25, 0.3) is 0 Å². The van der Waals surface area contributed by atoms with Gasteiger partial charge in [0.15, 0.2) is 0 Å². The SMILES string of the molecule is CCCCCCCCCCc1ccc(Oc2ccccc2S(=O)(=O)[O-])cc1.[Na+]. The Labute approximate surface area is 191 Å². The second-order valence-corrected chi connectivity index (χ2v) is 8.22. The molecule has 2 aromatic rings. The topological polar surface area (TPSA) is 66.4 Å². The summed E-state index contributed by atoms with van der Waals surface area (Å²) in [4.78, 5) is -0.340. The van der Waals surface area contributed by atoms with E-state index in [4.69, 9.17) is 4.74 Å². The quantitative estimate of drug-likeness (QED) is 0.305. The molecule has 0 aliphatic heterocycles. The minimum absolute atomic E-state index is 0. The fraction of sp³-hybridized carbons (Fsp3) is 0.455. The van der Waals surface area contributed by atoms with Gasteiger partial charge in [-0.3, -0.25) is 0 Å². The van der Waals surface area contributed by atoms with Gasteiger partial charge in [0, 0.05) is 0 Å².